The van der Waals surface area contributed by atoms with Gasteiger partial charge < -0.3 is 15.0 Å². The summed E-state index contributed by atoms with van der Waals surface area (Å²) >= 11 is 0. The van der Waals surface area contributed by atoms with E-state index < -0.39 is 0 Å². The lowest BCUT2D eigenvalue weighted by Gasteiger charge is -2.19. The molecule has 3 rings (SSSR count). The van der Waals surface area contributed by atoms with Crippen molar-refractivity contribution in [3.8, 4) is 5.75 Å². The van der Waals surface area contributed by atoms with Crippen molar-refractivity contribution in [1.82, 2.24) is 5.32 Å². The Morgan fingerprint density at radius 1 is 1.04 bits per heavy atom. The smallest absolute Gasteiger partial charge is 0.275 e. The van der Waals surface area contributed by atoms with E-state index in [9.17, 15) is 4.79 Å². The number of amides is 1. The van der Waals surface area contributed by atoms with Crippen molar-refractivity contribution in [1.29, 1.82) is 0 Å². The summed E-state index contributed by atoms with van der Waals surface area (Å²) in [6.07, 6.45) is 0. The Labute approximate surface area is 160 Å². The summed E-state index contributed by atoms with van der Waals surface area (Å²) in [5, 5.41) is 5.52. The summed E-state index contributed by atoms with van der Waals surface area (Å²) in [6.45, 7) is 3.26. The first-order valence-electron chi connectivity index (χ1n) is 9.28. The molecule has 0 radical (unpaired) electrons. The third kappa shape index (κ3) is 4.86. The standard InChI is InChI=1S/C23H26N2O2/c1-17(21-10-6-8-19-7-4-5-9-22(19)21)24-23(26)16-25(2)15-18-11-13-20(27-3)14-12-18/h4-14,17H,15-16H2,1-3H3,(H,24,26)/p+1/t17-/m0/s1. The van der Waals surface area contributed by atoms with Crippen LogP contribution in [0.4, 0.5) is 0 Å². The van der Waals surface area contributed by atoms with E-state index in [1.807, 2.05) is 56.4 Å². The number of methoxy groups -OCH3 is 1. The van der Waals surface area contributed by atoms with Crippen molar-refractivity contribution in [2.75, 3.05) is 20.7 Å². The largest absolute Gasteiger partial charge is 0.497 e. The topological polar surface area (TPSA) is 42.8 Å². The van der Waals surface area contributed by atoms with Crippen molar-refractivity contribution >= 4 is 16.7 Å². The molecule has 3 aromatic rings. The minimum atomic E-state index is -0.0302. The van der Waals surface area contributed by atoms with E-state index in [2.05, 4.69) is 29.6 Å². The van der Waals surface area contributed by atoms with Gasteiger partial charge in [-0.25, -0.2) is 0 Å². The molecule has 4 heteroatoms. The molecule has 4 nitrogen and oxygen atoms in total. The summed E-state index contributed by atoms with van der Waals surface area (Å²) in [7, 11) is 3.69. The minimum Gasteiger partial charge on any atom is -0.497 e. The first-order valence-corrected chi connectivity index (χ1v) is 9.28. The molecule has 0 fully saturated rings. The number of hydrogen-bond donors (Lipinski definition) is 2. The molecule has 0 saturated heterocycles. The molecule has 0 aromatic heterocycles. The van der Waals surface area contributed by atoms with Gasteiger partial charge in [-0.15, -0.1) is 0 Å². The Balaban J connectivity index is 1.59. The average Bonchev–Trinajstić information content (AvgIpc) is 2.67. The fraction of sp³-hybridized carbons (Fsp3) is 0.261. The highest BCUT2D eigenvalue weighted by molar-refractivity contribution is 5.87. The van der Waals surface area contributed by atoms with E-state index in [1.54, 1.807) is 7.11 Å². The lowest BCUT2D eigenvalue weighted by atomic mass is 10.00. The molecule has 0 spiro atoms. The highest BCUT2D eigenvalue weighted by Crippen LogP contribution is 2.23. The van der Waals surface area contributed by atoms with E-state index in [0.717, 1.165) is 22.8 Å². The van der Waals surface area contributed by atoms with E-state index in [4.69, 9.17) is 4.74 Å². The summed E-state index contributed by atoms with van der Waals surface area (Å²) in [6, 6.07) is 22.4. The Hall–Kier alpha value is -2.85. The Kier molecular flexibility index (Phi) is 6.09. The molecule has 27 heavy (non-hydrogen) atoms. The molecular formula is C23H27N2O2+. The predicted octanol–water partition coefficient (Wildman–Crippen LogP) is 2.74. The molecule has 1 amide bonds. The molecule has 0 heterocycles. The SMILES string of the molecule is COc1ccc(C[NH+](C)CC(=O)N[C@@H](C)c2cccc3ccccc23)cc1. The zero-order valence-corrected chi connectivity index (χ0v) is 16.2. The van der Waals surface area contributed by atoms with Gasteiger partial charge in [0.2, 0.25) is 0 Å². The fourth-order valence-corrected chi connectivity index (χ4v) is 3.43. The highest BCUT2D eigenvalue weighted by Gasteiger charge is 2.15. The monoisotopic (exact) mass is 363 g/mol. The highest BCUT2D eigenvalue weighted by atomic mass is 16.5. The molecule has 0 saturated carbocycles. The zero-order valence-electron chi connectivity index (χ0n) is 16.2. The van der Waals surface area contributed by atoms with Crippen LogP contribution < -0.4 is 15.0 Å². The van der Waals surface area contributed by atoms with Crippen LogP contribution in [-0.4, -0.2) is 26.6 Å². The molecule has 0 aliphatic carbocycles. The maximum absolute atomic E-state index is 12.5. The summed E-state index contributed by atoms with van der Waals surface area (Å²) in [5.74, 6) is 0.902. The van der Waals surface area contributed by atoms with Gasteiger partial charge >= 0.3 is 0 Å². The number of carbonyl (C=O) groups excluding carboxylic acids is 1. The van der Waals surface area contributed by atoms with E-state index in [-0.39, 0.29) is 11.9 Å². The van der Waals surface area contributed by atoms with Crippen LogP contribution in [0.5, 0.6) is 5.75 Å². The van der Waals surface area contributed by atoms with E-state index >= 15 is 0 Å². The molecule has 140 valence electrons. The van der Waals surface area contributed by atoms with Crippen LogP contribution in [-0.2, 0) is 11.3 Å². The molecule has 2 atom stereocenters. The molecular weight excluding hydrogens is 336 g/mol. The Morgan fingerprint density at radius 2 is 1.74 bits per heavy atom. The number of hydrogen-bond acceptors (Lipinski definition) is 2. The number of benzene rings is 3. The minimum absolute atomic E-state index is 0.0302. The Bertz CT molecular complexity index is 900. The van der Waals surface area contributed by atoms with E-state index in [0.29, 0.717) is 6.54 Å². The first-order chi connectivity index (χ1) is 13.1. The second-order valence-corrected chi connectivity index (χ2v) is 7.02. The lowest BCUT2D eigenvalue weighted by Crippen LogP contribution is -3.08. The normalized spacial score (nSPS) is 13.1. The van der Waals surface area contributed by atoms with Gasteiger partial charge in [0.1, 0.15) is 12.3 Å². The van der Waals surface area contributed by atoms with Crippen LogP contribution in [0.2, 0.25) is 0 Å². The van der Waals surface area contributed by atoms with Gasteiger partial charge in [0.05, 0.1) is 20.2 Å². The van der Waals surface area contributed by atoms with Crippen LogP contribution >= 0.6 is 0 Å². The summed E-state index contributed by atoms with van der Waals surface area (Å²) in [4.78, 5) is 13.7. The number of quaternary nitrogens is 1. The second kappa shape index (κ2) is 8.69. The van der Waals surface area contributed by atoms with Gasteiger partial charge in [-0.1, -0.05) is 42.5 Å². The van der Waals surface area contributed by atoms with Crippen LogP contribution in [0.3, 0.4) is 0 Å². The van der Waals surface area contributed by atoms with Gasteiger partial charge in [-0.2, -0.15) is 0 Å². The van der Waals surface area contributed by atoms with Crippen LogP contribution in [0, 0.1) is 0 Å². The number of rotatable bonds is 7. The van der Waals surface area contributed by atoms with Crippen molar-refractivity contribution < 1.29 is 14.4 Å². The van der Waals surface area contributed by atoms with Gasteiger partial charge in [0.15, 0.2) is 6.54 Å². The van der Waals surface area contributed by atoms with E-state index in [1.165, 1.54) is 16.3 Å². The molecule has 2 N–H and O–H groups in total. The number of fused-ring (bicyclic) bond motifs is 1. The van der Waals surface area contributed by atoms with Crippen molar-refractivity contribution in [2.24, 2.45) is 0 Å². The van der Waals surface area contributed by atoms with Crippen molar-refractivity contribution in [3.05, 3.63) is 77.9 Å². The lowest BCUT2D eigenvalue weighted by molar-refractivity contribution is -0.885. The van der Waals surface area contributed by atoms with Gasteiger partial charge in [-0.3, -0.25) is 4.79 Å². The number of likely N-dealkylation sites (N-methyl/N-ethyl adjacent to an activating group) is 1. The van der Waals surface area contributed by atoms with Crippen LogP contribution in [0.25, 0.3) is 10.8 Å². The quantitative estimate of drug-likeness (QED) is 0.678. The third-order valence-corrected chi connectivity index (χ3v) is 4.79. The maximum Gasteiger partial charge on any atom is 0.275 e. The summed E-state index contributed by atoms with van der Waals surface area (Å²) in [5.41, 5.74) is 2.33. The molecule has 0 bridgehead atoms. The van der Waals surface area contributed by atoms with Crippen molar-refractivity contribution in [3.63, 3.8) is 0 Å². The fourth-order valence-electron chi connectivity index (χ4n) is 3.43. The number of carbonyl (C=O) groups is 1. The van der Waals surface area contributed by atoms with Crippen LogP contribution in [0.15, 0.2) is 66.7 Å². The Morgan fingerprint density at radius 3 is 2.48 bits per heavy atom. The van der Waals surface area contributed by atoms with Crippen molar-refractivity contribution in [2.45, 2.75) is 19.5 Å². The second-order valence-electron chi connectivity index (χ2n) is 7.02. The first kappa shape index (κ1) is 18.9. The third-order valence-electron chi connectivity index (χ3n) is 4.79. The molecule has 0 aliphatic heterocycles. The maximum atomic E-state index is 12.5. The van der Waals surface area contributed by atoms with Gasteiger partial charge in [0.25, 0.3) is 5.91 Å². The number of nitrogens with one attached hydrogen (secondary N) is 2. The average molecular weight is 363 g/mol. The van der Waals surface area contributed by atoms with Gasteiger partial charge in [0, 0.05) is 5.56 Å². The van der Waals surface area contributed by atoms with Gasteiger partial charge in [-0.05, 0) is 47.5 Å². The molecule has 0 aliphatic rings. The summed E-state index contributed by atoms with van der Waals surface area (Å²) < 4.78 is 5.18. The molecule has 3 aromatic carbocycles. The molecule has 1 unspecified atom stereocenters. The predicted molar refractivity (Wildman–Crippen MR) is 109 cm³/mol. The van der Waals surface area contributed by atoms with Crippen LogP contribution in [0.1, 0.15) is 24.1 Å². The zero-order chi connectivity index (χ0) is 19.2. The number of ether oxygens (including phenoxy) is 1.